The molecule has 0 aromatic heterocycles. The molecule has 0 aromatic rings. The number of thiocarbonyl (C=S) groups is 1. The van der Waals surface area contributed by atoms with Crippen LogP contribution >= 0.6 is 12.2 Å². The lowest BCUT2D eigenvalue weighted by Gasteiger charge is -2.32. The number of carbonyl (C=O) groups is 4. The molecule has 1 N–H and O–H groups in total. The fourth-order valence-electron chi connectivity index (χ4n) is 1.57. The molecular formula is C14H20O9S. The van der Waals surface area contributed by atoms with Crippen LogP contribution in [0, 0.1) is 0 Å². The molecule has 0 aliphatic carbocycles. The quantitative estimate of drug-likeness (QED) is 0.331. The van der Waals surface area contributed by atoms with Crippen molar-refractivity contribution >= 4 is 41.5 Å². The Labute approximate surface area is 145 Å². The Hall–Kier alpha value is -2.07. The van der Waals surface area contributed by atoms with Crippen LogP contribution in [0.25, 0.3) is 0 Å². The van der Waals surface area contributed by atoms with Gasteiger partial charge in [0.15, 0.2) is 18.3 Å². The van der Waals surface area contributed by atoms with Crippen molar-refractivity contribution in [2.75, 3.05) is 6.61 Å². The maximum absolute atomic E-state index is 11.4. The topological polar surface area (TPSA) is 125 Å². The Morgan fingerprint density at radius 1 is 1.00 bits per heavy atom. The van der Waals surface area contributed by atoms with Crippen LogP contribution < -0.4 is 0 Å². The molecule has 0 aliphatic rings. The first-order chi connectivity index (χ1) is 11.4. The zero-order valence-corrected chi connectivity index (χ0v) is 14.5. The molecular weight excluding hydrogens is 344 g/mol. The highest BCUT2D eigenvalue weighted by molar-refractivity contribution is 7.79. The van der Waals surface area contributed by atoms with Gasteiger partial charge in [-0.1, -0.05) is 12.2 Å². The largest absolute Gasteiger partial charge is 0.463 e. The molecule has 136 valence electrons. The first-order valence-electron chi connectivity index (χ1n) is 7.24. The Balaban J connectivity index is 5.90. The number of rotatable bonds is 9. The molecule has 0 aromatic carbocycles. The summed E-state index contributed by atoms with van der Waals surface area (Å²) >= 11 is 4.70. The summed E-state index contributed by atoms with van der Waals surface area (Å²) in [5, 5.41) is 11.0. The molecule has 0 amide bonds. The van der Waals surface area contributed by atoms with E-state index in [-0.39, 0.29) is 0 Å². The van der Waals surface area contributed by atoms with Gasteiger partial charge in [0.1, 0.15) is 12.7 Å². The summed E-state index contributed by atoms with van der Waals surface area (Å²) in [5.74, 6) is -3.51. The normalized spacial score (nSPS) is 17.1. The summed E-state index contributed by atoms with van der Waals surface area (Å²) in [6.45, 7) is 3.38. The Bertz CT molecular complexity index is 538. The summed E-state index contributed by atoms with van der Waals surface area (Å²) < 4.78 is 27.5. The summed E-state index contributed by atoms with van der Waals surface area (Å²) in [6, 6.07) is 0. The van der Waals surface area contributed by atoms with Crippen LogP contribution in [0.1, 0.15) is 29.1 Å². The number of ether oxygens (including phenoxy) is 4. The van der Waals surface area contributed by atoms with Crippen LogP contribution in [-0.2, 0) is 38.1 Å². The van der Waals surface area contributed by atoms with E-state index in [2.05, 4.69) is 4.74 Å². The smallest absolute Gasteiger partial charge is 0.303 e. The Morgan fingerprint density at radius 2 is 1.50 bits per heavy atom. The average molecular weight is 365 g/mol. The average Bonchev–Trinajstić information content (AvgIpc) is 2.46. The van der Waals surface area contributed by atoms with E-state index in [0.717, 1.165) is 33.1 Å². The standard InChI is InChI=1S/C14H20O9S/c1-7(15)20-5-11(19)13(22-9(3)17)14(23-10(4)18)12(6-24)21-8(2)16/h6,11-14,19H,5H2,1-4H3/t11-,12+,13-,14-/m1/s1/i14D. The van der Waals surface area contributed by atoms with E-state index in [0.29, 0.717) is 0 Å². The van der Waals surface area contributed by atoms with Gasteiger partial charge in [-0.05, 0) is 0 Å². The van der Waals surface area contributed by atoms with Crippen molar-refractivity contribution in [3.8, 4) is 0 Å². The zero-order valence-electron chi connectivity index (χ0n) is 14.6. The van der Waals surface area contributed by atoms with Crippen LogP contribution in [-0.4, -0.2) is 65.4 Å². The third kappa shape index (κ3) is 8.53. The van der Waals surface area contributed by atoms with E-state index in [1.807, 2.05) is 0 Å². The van der Waals surface area contributed by atoms with Gasteiger partial charge in [0.2, 0.25) is 0 Å². The van der Waals surface area contributed by atoms with Crippen LogP contribution in [0.3, 0.4) is 0 Å². The van der Waals surface area contributed by atoms with Gasteiger partial charge in [0.25, 0.3) is 0 Å². The van der Waals surface area contributed by atoms with Gasteiger partial charge >= 0.3 is 23.9 Å². The van der Waals surface area contributed by atoms with Crippen molar-refractivity contribution in [3.05, 3.63) is 0 Å². The number of esters is 4. The second-order valence-electron chi connectivity index (χ2n) is 4.56. The van der Waals surface area contributed by atoms with Crippen molar-refractivity contribution in [1.29, 1.82) is 0 Å². The lowest BCUT2D eigenvalue weighted by Crippen LogP contribution is -2.52. The monoisotopic (exact) mass is 365 g/mol. The highest BCUT2D eigenvalue weighted by Crippen LogP contribution is 2.17. The molecule has 0 saturated heterocycles. The first kappa shape index (κ1) is 20.0. The van der Waals surface area contributed by atoms with Crippen molar-refractivity contribution in [2.45, 2.75) is 52.1 Å². The molecule has 0 unspecified atom stereocenters. The molecule has 10 heteroatoms. The summed E-state index contributed by atoms with van der Waals surface area (Å²) in [4.78, 5) is 44.9. The molecule has 0 aliphatic heterocycles. The Morgan fingerprint density at radius 3 is 1.88 bits per heavy atom. The third-order valence-corrected chi connectivity index (χ3v) is 2.59. The zero-order chi connectivity index (χ0) is 19.8. The lowest BCUT2D eigenvalue weighted by atomic mass is 10.0. The second-order valence-corrected chi connectivity index (χ2v) is 4.83. The highest BCUT2D eigenvalue weighted by atomic mass is 32.1. The summed E-state index contributed by atoms with van der Waals surface area (Å²) in [6.07, 6.45) is -7.89. The minimum atomic E-state index is -2.61. The van der Waals surface area contributed by atoms with Gasteiger partial charge in [-0.2, -0.15) is 0 Å². The second kappa shape index (κ2) is 10.7. The van der Waals surface area contributed by atoms with Gasteiger partial charge in [-0.3, -0.25) is 19.2 Å². The maximum atomic E-state index is 11.4. The minimum Gasteiger partial charge on any atom is -0.463 e. The van der Waals surface area contributed by atoms with Crippen LogP contribution in [0.4, 0.5) is 0 Å². The maximum Gasteiger partial charge on any atom is 0.303 e. The number of carbonyl (C=O) groups excluding carboxylic acids is 4. The van der Waals surface area contributed by atoms with Crippen molar-refractivity contribution < 1.29 is 44.6 Å². The van der Waals surface area contributed by atoms with Crippen LogP contribution in [0.15, 0.2) is 0 Å². The predicted molar refractivity (Wildman–Crippen MR) is 83.0 cm³/mol. The molecule has 0 fully saturated rings. The van der Waals surface area contributed by atoms with Gasteiger partial charge in [-0.15, -0.1) is 0 Å². The van der Waals surface area contributed by atoms with Crippen molar-refractivity contribution in [1.82, 2.24) is 0 Å². The number of aliphatic hydroxyl groups is 1. The van der Waals surface area contributed by atoms with E-state index in [1.165, 1.54) is 0 Å². The Kier molecular flexibility index (Phi) is 8.87. The molecule has 0 radical (unpaired) electrons. The fraction of sp³-hybridized carbons (Fsp3) is 0.643. The summed E-state index contributed by atoms with van der Waals surface area (Å²) in [5.41, 5.74) is 0. The molecule has 0 bridgehead atoms. The first-order valence-corrected chi connectivity index (χ1v) is 7.21. The molecule has 0 rings (SSSR count). The van der Waals surface area contributed by atoms with Gasteiger partial charge in [-0.25, -0.2) is 0 Å². The molecule has 24 heavy (non-hydrogen) atoms. The number of hydrogen-bond acceptors (Lipinski definition) is 10. The molecule has 0 heterocycles. The number of hydrogen-bond donors (Lipinski definition) is 1. The van der Waals surface area contributed by atoms with Crippen LogP contribution in [0.2, 0.25) is 0 Å². The molecule has 0 saturated carbocycles. The fourth-order valence-corrected chi connectivity index (χ4v) is 1.76. The van der Waals surface area contributed by atoms with Crippen molar-refractivity contribution in [2.24, 2.45) is 0 Å². The molecule has 4 atom stereocenters. The number of aliphatic hydroxyl groups excluding tert-OH is 1. The molecule has 9 nitrogen and oxygen atoms in total. The lowest BCUT2D eigenvalue weighted by molar-refractivity contribution is -0.190. The minimum absolute atomic E-state index is 0.667. The van der Waals surface area contributed by atoms with E-state index in [9.17, 15) is 24.3 Å². The van der Waals surface area contributed by atoms with Crippen molar-refractivity contribution in [3.63, 3.8) is 0 Å². The van der Waals surface area contributed by atoms with Gasteiger partial charge in [0, 0.05) is 33.1 Å². The van der Waals surface area contributed by atoms with Crippen LogP contribution in [0.5, 0.6) is 0 Å². The summed E-state index contributed by atoms with van der Waals surface area (Å²) in [7, 11) is 0. The van der Waals surface area contributed by atoms with E-state index in [1.54, 1.807) is 0 Å². The van der Waals surface area contributed by atoms with Gasteiger partial charge < -0.3 is 24.1 Å². The SMILES string of the molecule is [2H][C@@](OC(C)=O)([C@H](C=S)OC(C)=O)[C@H](OC(C)=O)[C@H](O)COC(C)=O. The predicted octanol–water partition coefficient (Wildman–Crippen LogP) is -0.295. The molecule has 0 spiro atoms. The third-order valence-electron chi connectivity index (χ3n) is 2.34. The van der Waals surface area contributed by atoms with E-state index >= 15 is 0 Å². The van der Waals surface area contributed by atoms with E-state index < -0.39 is 54.9 Å². The highest BCUT2D eigenvalue weighted by Gasteiger charge is 2.40. The van der Waals surface area contributed by atoms with Gasteiger partial charge in [0.05, 0.1) is 1.37 Å². The van der Waals surface area contributed by atoms with E-state index in [4.69, 9.17) is 27.8 Å².